The van der Waals surface area contributed by atoms with Gasteiger partial charge in [-0.3, -0.25) is 0 Å². The normalized spacial score (nSPS) is 42.5. The Bertz CT molecular complexity index is 148. The molecule has 3 N–H and O–H groups in total. The van der Waals surface area contributed by atoms with Crippen LogP contribution in [0.5, 0.6) is 0 Å². The maximum Gasteiger partial charge on any atom is 0.111 e. The van der Waals surface area contributed by atoms with Crippen molar-refractivity contribution in [3.8, 4) is 0 Å². The predicted molar refractivity (Wildman–Crippen MR) is 42.6 cm³/mol. The van der Waals surface area contributed by atoms with Crippen LogP contribution in [0.3, 0.4) is 0 Å². The lowest BCUT2D eigenvalue weighted by Crippen LogP contribution is -2.35. The molecule has 4 atom stereocenters. The SMILES string of the molecule is CC(C)[C@@H]1O[C@@H](CO)[C@@H](O)C1O. The van der Waals surface area contributed by atoms with E-state index in [1.807, 2.05) is 13.8 Å². The fourth-order valence-electron chi connectivity index (χ4n) is 1.48. The topological polar surface area (TPSA) is 69.9 Å². The molecule has 4 nitrogen and oxygen atoms in total. The van der Waals surface area contributed by atoms with E-state index in [0.717, 1.165) is 0 Å². The van der Waals surface area contributed by atoms with Gasteiger partial charge in [0, 0.05) is 0 Å². The average molecular weight is 176 g/mol. The Morgan fingerprint density at radius 3 is 2.08 bits per heavy atom. The second-order valence-corrected chi connectivity index (χ2v) is 3.55. The highest BCUT2D eigenvalue weighted by Crippen LogP contribution is 2.25. The summed E-state index contributed by atoms with van der Waals surface area (Å²) in [6.45, 7) is 3.56. The largest absolute Gasteiger partial charge is 0.394 e. The highest BCUT2D eigenvalue weighted by Gasteiger charge is 2.43. The van der Waals surface area contributed by atoms with Gasteiger partial charge >= 0.3 is 0 Å². The van der Waals surface area contributed by atoms with Gasteiger partial charge in [0.25, 0.3) is 0 Å². The van der Waals surface area contributed by atoms with Crippen molar-refractivity contribution in [3.63, 3.8) is 0 Å². The highest BCUT2D eigenvalue weighted by molar-refractivity contribution is 4.91. The molecule has 1 aliphatic rings. The molecular weight excluding hydrogens is 160 g/mol. The van der Waals surface area contributed by atoms with Gasteiger partial charge in [0.15, 0.2) is 0 Å². The Morgan fingerprint density at radius 2 is 1.83 bits per heavy atom. The van der Waals surface area contributed by atoms with Crippen LogP contribution in [0.1, 0.15) is 13.8 Å². The van der Waals surface area contributed by atoms with Crippen molar-refractivity contribution < 1.29 is 20.1 Å². The van der Waals surface area contributed by atoms with Crippen LogP contribution in [0, 0.1) is 5.92 Å². The van der Waals surface area contributed by atoms with E-state index >= 15 is 0 Å². The molecule has 1 fully saturated rings. The lowest BCUT2D eigenvalue weighted by molar-refractivity contribution is -0.0369. The van der Waals surface area contributed by atoms with Gasteiger partial charge in [0.05, 0.1) is 12.7 Å². The Hall–Kier alpha value is -0.160. The Morgan fingerprint density at radius 1 is 1.25 bits per heavy atom. The van der Waals surface area contributed by atoms with E-state index in [9.17, 15) is 10.2 Å². The molecule has 0 aromatic rings. The average Bonchev–Trinajstić information content (AvgIpc) is 2.30. The Balaban J connectivity index is 2.60. The molecule has 0 radical (unpaired) electrons. The van der Waals surface area contributed by atoms with E-state index in [-0.39, 0.29) is 18.6 Å². The van der Waals surface area contributed by atoms with Gasteiger partial charge in [-0.2, -0.15) is 0 Å². The zero-order valence-corrected chi connectivity index (χ0v) is 7.34. The van der Waals surface area contributed by atoms with E-state index < -0.39 is 18.3 Å². The van der Waals surface area contributed by atoms with Gasteiger partial charge in [-0.15, -0.1) is 0 Å². The summed E-state index contributed by atoms with van der Waals surface area (Å²) in [5, 5.41) is 27.5. The molecule has 0 saturated carbocycles. The van der Waals surface area contributed by atoms with E-state index in [0.29, 0.717) is 0 Å². The van der Waals surface area contributed by atoms with E-state index in [1.54, 1.807) is 0 Å². The molecule has 0 aromatic carbocycles. The quantitative estimate of drug-likeness (QED) is 0.511. The first-order chi connectivity index (χ1) is 5.57. The molecule has 1 saturated heterocycles. The minimum Gasteiger partial charge on any atom is -0.394 e. The number of aliphatic hydroxyl groups excluding tert-OH is 3. The van der Waals surface area contributed by atoms with Crippen molar-refractivity contribution in [2.45, 2.75) is 38.3 Å². The molecule has 0 aliphatic carbocycles. The zero-order valence-electron chi connectivity index (χ0n) is 7.34. The van der Waals surface area contributed by atoms with Gasteiger partial charge in [-0.1, -0.05) is 13.8 Å². The summed E-state index contributed by atoms with van der Waals surface area (Å²) < 4.78 is 5.25. The lowest BCUT2D eigenvalue weighted by atomic mass is 10.00. The second kappa shape index (κ2) is 3.70. The highest BCUT2D eigenvalue weighted by atomic mass is 16.6. The third-order valence-corrected chi connectivity index (χ3v) is 2.24. The van der Waals surface area contributed by atoms with Crippen LogP contribution in [0.4, 0.5) is 0 Å². The van der Waals surface area contributed by atoms with E-state index in [4.69, 9.17) is 9.84 Å². The molecule has 12 heavy (non-hydrogen) atoms. The molecule has 0 amide bonds. The number of aliphatic hydroxyl groups is 3. The number of hydrogen-bond donors (Lipinski definition) is 3. The number of ether oxygens (including phenoxy) is 1. The monoisotopic (exact) mass is 176 g/mol. The van der Waals surface area contributed by atoms with Gasteiger partial charge in [0.2, 0.25) is 0 Å². The van der Waals surface area contributed by atoms with Crippen molar-refractivity contribution in [2.24, 2.45) is 5.92 Å². The minimum absolute atomic E-state index is 0.145. The maximum absolute atomic E-state index is 9.44. The maximum atomic E-state index is 9.44. The molecule has 1 rings (SSSR count). The third kappa shape index (κ3) is 1.61. The van der Waals surface area contributed by atoms with Crippen LogP contribution in [0.15, 0.2) is 0 Å². The van der Waals surface area contributed by atoms with Crippen molar-refractivity contribution in [1.29, 1.82) is 0 Å². The molecule has 1 aliphatic heterocycles. The summed E-state index contributed by atoms with van der Waals surface area (Å²) in [6, 6.07) is 0. The molecule has 0 spiro atoms. The first-order valence-electron chi connectivity index (χ1n) is 4.20. The minimum atomic E-state index is -0.956. The summed E-state index contributed by atoms with van der Waals surface area (Å²) in [5.41, 5.74) is 0. The molecule has 4 heteroatoms. The molecule has 0 aromatic heterocycles. The number of hydrogen-bond acceptors (Lipinski definition) is 4. The third-order valence-electron chi connectivity index (χ3n) is 2.24. The first-order valence-corrected chi connectivity index (χ1v) is 4.20. The lowest BCUT2D eigenvalue weighted by Gasteiger charge is -2.17. The standard InChI is InChI=1S/C8H16O4/c1-4(2)8-7(11)6(10)5(3-9)12-8/h4-11H,3H2,1-2H3/t5-,6+,7?,8-/m0/s1. The fraction of sp³-hybridized carbons (Fsp3) is 1.00. The van der Waals surface area contributed by atoms with Crippen molar-refractivity contribution >= 4 is 0 Å². The molecule has 0 bridgehead atoms. The molecule has 1 unspecified atom stereocenters. The summed E-state index contributed by atoms with van der Waals surface area (Å²) in [7, 11) is 0. The van der Waals surface area contributed by atoms with Crippen molar-refractivity contribution in [1.82, 2.24) is 0 Å². The van der Waals surface area contributed by atoms with Gasteiger partial charge < -0.3 is 20.1 Å². The summed E-state index contributed by atoms with van der Waals surface area (Å²) in [4.78, 5) is 0. The van der Waals surface area contributed by atoms with E-state index in [2.05, 4.69) is 0 Å². The fourth-order valence-corrected chi connectivity index (χ4v) is 1.48. The first kappa shape index (κ1) is 9.92. The summed E-state index contributed by atoms with van der Waals surface area (Å²) in [5.74, 6) is 0.145. The van der Waals surface area contributed by atoms with Crippen LogP contribution in [0.2, 0.25) is 0 Å². The van der Waals surface area contributed by atoms with E-state index in [1.165, 1.54) is 0 Å². The van der Waals surface area contributed by atoms with Crippen LogP contribution in [-0.2, 0) is 4.74 Å². The van der Waals surface area contributed by atoms with Crippen LogP contribution in [0.25, 0.3) is 0 Å². The van der Waals surface area contributed by atoms with Crippen LogP contribution >= 0.6 is 0 Å². The Kier molecular flexibility index (Phi) is 3.06. The summed E-state index contributed by atoms with van der Waals surface area (Å²) in [6.07, 6.45) is -2.82. The predicted octanol–water partition coefficient (Wildman–Crippen LogP) is -0.876. The smallest absolute Gasteiger partial charge is 0.111 e. The van der Waals surface area contributed by atoms with Gasteiger partial charge in [0.1, 0.15) is 18.3 Å². The van der Waals surface area contributed by atoms with Gasteiger partial charge in [-0.05, 0) is 5.92 Å². The second-order valence-electron chi connectivity index (χ2n) is 3.55. The molecule has 1 heterocycles. The van der Waals surface area contributed by atoms with Crippen molar-refractivity contribution in [2.75, 3.05) is 6.61 Å². The molecule has 72 valence electrons. The molecular formula is C8H16O4. The summed E-state index contributed by atoms with van der Waals surface area (Å²) >= 11 is 0. The number of rotatable bonds is 2. The zero-order chi connectivity index (χ0) is 9.30. The van der Waals surface area contributed by atoms with Gasteiger partial charge in [-0.25, -0.2) is 0 Å². The van der Waals surface area contributed by atoms with Crippen LogP contribution in [-0.4, -0.2) is 46.3 Å². The Labute approximate surface area is 71.8 Å². The van der Waals surface area contributed by atoms with Crippen molar-refractivity contribution in [3.05, 3.63) is 0 Å². The van der Waals surface area contributed by atoms with Crippen LogP contribution < -0.4 is 0 Å².